The van der Waals surface area contributed by atoms with Crippen LogP contribution in [0.5, 0.6) is 5.75 Å². The minimum absolute atomic E-state index is 0.179. The maximum Gasteiger partial charge on any atom is 0.261 e. The Hall–Kier alpha value is -2.24. The lowest BCUT2D eigenvalue weighted by Crippen LogP contribution is -2.50. The molecule has 2 aromatic carbocycles. The minimum atomic E-state index is -0.643. The van der Waals surface area contributed by atoms with Crippen LogP contribution in [0.2, 0.25) is 10.0 Å². The van der Waals surface area contributed by atoms with E-state index in [9.17, 15) is 9.59 Å². The van der Waals surface area contributed by atoms with E-state index in [0.29, 0.717) is 40.2 Å². The Bertz CT molecular complexity index is 927. The summed E-state index contributed by atoms with van der Waals surface area (Å²) in [6.45, 7) is 10.4. The van der Waals surface area contributed by atoms with Crippen molar-refractivity contribution in [2.24, 2.45) is 5.92 Å². The summed E-state index contributed by atoms with van der Waals surface area (Å²) in [6, 6.07) is 10.3. The third-order valence-electron chi connectivity index (χ3n) is 4.98. The number of ether oxygens (including phenoxy) is 1. The number of carbonyl (C=O) groups is 2. The molecule has 0 fully saturated rings. The molecule has 32 heavy (non-hydrogen) atoms. The van der Waals surface area contributed by atoms with Gasteiger partial charge in [-0.3, -0.25) is 9.59 Å². The predicted molar refractivity (Wildman–Crippen MR) is 130 cm³/mol. The van der Waals surface area contributed by atoms with Crippen molar-refractivity contribution in [2.45, 2.75) is 53.6 Å². The van der Waals surface area contributed by atoms with Crippen molar-refractivity contribution in [3.05, 3.63) is 63.1 Å². The van der Waals surface area contributed by atoms with Crippen LogP contribution in [0.1, 0.15) is 43.9 Å². The summed E-state index contributed by atoms with van der Waals surface area (Å²) in [6.07, 6.45) is 0.463. The van der Waals surface area contributed by atoms with E-state index in [4.69, 9.17) is 27.9 Å². The van der Waals surface area contributed by atoms with E-state index in [1.54, 1.807) is 18.2 Å². The number of hydrogen-bond donors (Lipinski definition) is 1. The number of nitrogens with zero attached hydrogens (tertiary/aromatic N) is 1. The van der Waals surface area contributed by atoms with Gasteiger partial charge in [0.05, 0.1) is 0 Å². The van der Waals surface area contributed by atoms with Crippen molar-refractivity contribution < 1.29 is 14.3 Å². The Morgan fingerprint density at radius 1 is 1.06 bits per heavy atom. The summed E-state index contributed by atoms with van der Waals surface area (Å²) in [5.41, 5.74) is 2.82. The Morgan fingerprint density at radius 2 is 1.72 bits per heavy atom. The molecule has 2 rings (SSSR count). The van der Waals surface area contributed by atoms with Gasteiger partial charge in [-0.2, -0.15) is 0 Å². The molecule has 0 saturated carbocycles. The maximum absolute atomic E-state index is 13.3. The molecule has 1 atom stereocenters. The number of benzene rings is 2. The predicted octanol–water partition coefficient (Wildman–Crippen LogP) is 5.57. The topological polar surface area (TPSA) is 58.6 Å². The lowest BCUT2D eigenvalue weighted by Gasteiger charge is -2.31. The van der Waals surface area contributed by atoms with E-state index in [1.807, 2.05) is 52.8 Å². The molecular formula is C25H32Cl2N2O3. The molecule has 1 N–H and O–H groups in total. The molecule has 7 heteroatoms. The monoisotopic (exact) mass is 478 g/mol. The fourth-order valence-corrected chi connectivity index (χ4v) is 3.89. The third-order valence-corrected chi connectivity index (χ3v) is 5.57. The second-order valence-corrected chi connectivity index (χ2v) is 9.28. The highest BCUT2D eigenvalue weighted by Crippen LogP contribution is 2.24. The highest BCUT2D eigenvalue weighted by atomic mass is 35.5. The fraction of sp³-hybridized carbons (Fsp3) is 0.440. The van der Waals surface area contributed by atoms with Crippen LogP contribution in [0.4, 0.5) is 0 Å². The van der Waals surface area contributed by atoms with Gasteiger partial charge in [-0.05, 0) is 67.1 Å². The van der Waals surface area contributed by atoms with Gasteiger partial charge >= 0.3 is 0 Å². The Balaban J connectivity index is 2.26. The first kappa shape index (κ1) is 26.0. The SMILES string of the molecule is CC[C@@H](C(=O)NCC(C)C)N(Cc1ccc(Cl)cc1Cl)C(=O)COc1cc(C)cc(C)c1. The molecule has 0 spiro atoms. The number of amides is 2. The quantitative estimate of drug-likeness (QED) is 0.485. The molecule has 0 bridgehead atoms. The van der Waals surface area contributed by atoms with Crippen LogP contribution in [0.15, 0.2) is 36.4 Å². The molecule has 174 valence electrons. The standard InChI is InChI=1S/C25H32Cl2N2O3/c1-6-23(25(31)28-13-16(2)3)29(14-19-7-8-20(26)12-22(19)27)24(30)15-32-21-10-17(4)9-18(5)11-21/h7-12,16,23H,6,13-15H2,1-5H3,(H,28,31)/t23-/m0/s1. The van der Waals surface area contributed by atoms with Crippen molar-refractivity contribution in [3.8, 4) is 5.75 Å². The second-order valence-electron chi connectivity index (χ2n) is 8.43. The van der Waals surface area contributed by atoms with Gasteiger partial charge in [0.25, 0.3) is 5.91 Å². The summed E-state index contributed by atoms with van der Waals surface area (Å²) in [5.74, 6) is 0.449. The first-order valence-corrected chi connectivity index (χ1v) is 11.6. The maximum atomic E-state index is 13.3. The third kappa shape index (κ3) is 7.72. The van der Waals surface area contributed by atoms with Crippen molar-refractivity contribution in [1.29, 1.82) is 0 Å². The Morgan fingerprint density at radius 3 is 2.28 bits per heavy atom. The molecule has 2 amide bonds. The summed E-state index contributed by atoms with van der Waals surface area (Å²) < 4.78 is 5.79. The smallest absolute Gasteiger partial charge is 0.261 e. The average Bonchev–Trinajstić information content (AvgIpc) is 2.71. The number of aryl methyl sites for hydroxylation is 2. The van der Waals surface area contributed by atoms with E-state index in [0.717, 1.165) is 11.1 Å². The van der Waals surface area contributed by atoms with E-state index in [1.165, 1.54) is 4.90 Å². The van der Waals surface area contributed by atoms with Gasteiger partial charge in [-0.25, -0.2) is 0 Å². The van der Waals surface area contributed by atoms with E-state index >= 15 is 0 Å². The molecule has 0 heterocycles. The molecule has 0 aromatic heterocycles. The molecule has 0 aliphatic rings. The molecular weight excluding hydrogens is 447 g/mol. The number of hydrogen-bond acceptors (Lipinski definition) is 3. The highest BCUT2D eigenvalue weighted by molar-refractivity contribution is 6.35. The van der Waals surface area contributed by atoms with Crippen molar-refractivity contribution >= 4 is 35.0 Å². The number of halogens is 2. The van der Waals surface area contributed by atoms with Gasteiger partial charge in [0, 0.05) is 23.1 Å². The lowest BCUT2D eigenvalue weighted by atomic mass is 10.1. The summed E-state index contributed by atoms with van der Waals surface area (Å²) in [7, 11) is 0. The molecule has 5 nitrogen and oxygen atoms in total. The van der Waals surface area contributed by atoms with Gasteiger partial charge in [0.1, 0.15) is 11.8 Å². The largest absolute Gasteiger partial charge is 0.484 e. The van der Waals surface area contributed by atoms with Gasteiger partial charge < -0.3 is 15.0 Å². The molecule has 0 unspecified atom stereocenters. The lowest BCUT2D eigenvalue weighted by molar-refractivity contribution is -0.143. The van der Waals surface area contributed by atoms with Crippen LogP contribution >= 0.6 is 23.2 Å². The average molecular weight is 479 g/mol. The normalized spacial score (nSPS) is 11.9. The van der Waals surface area contributed by atoms with Gasteiger partial charge in [-0.1, -0.05) is 56.1 Å². The number of nitrogens with one attached hydrogen (secondary N) is 1. The minimum Gasteiger partial charge on any atom is -0.484 e. The number of carbonyl (C=O) groups excluding carboxylic acids is 2. The first-order chi connectivity index (χ1) is 15.1. The summed E-state index contributed by atoms with van der Waals surface area (Å²) in [4.78, 5) is 27.7. The zero-order chi connectivity index (χ0) is 23.8. The van der Waals surface area contributed by atoms with Crippen LogP contribution < -0.4 is 10.1 Å². The van der Waals surface area contributed by atoms with Crippen LogP contribution in [0.25, 0.3) is 0 Å². The Labute approximate surface area is 201 Å². The van der Waals surface area contributed by atoms with Crippen molar-refractivity contribution in [1.82, 2.24) is 10.2 Å². The fourth-order valence-electron chi connectivity index (χ4n) is 3.42. The van der Waals surface area contributed by atoms with Gasteiger partial charge in [0.2, 0.25) is 5.91 Å². The molecule has 0 aliphatic carbocycles. The molecule has 0 saturated heterocycles. The Kier molecular flexibility index (Phi) is 9.85. The van der Waals surface area contributed by atoms with E-state index in [-0.39, 0.29) is 25.0 Å². The molecule has 0 radical (unpaired) electrons. The van der Waals surface area contributed by atoms with E-state index < -0.39 is 6.04 Å². The summed E-state index contributed by atoms with van der Waals surface area (Å²) in [5, 5.41) is 3.90. The zero-order valence-corrected chi connectivity index (χ0v) is 20.9. The molecule has 2 aromatic rings. The van der Waals surface area contributed by atoms with E-state index in [2.05, 4.69) is 5.32 Å². The van der Waals surface area contributed by atoms with Gasteiger partial charge in [0.15, 0.2) is 6.61 Å². The highest BCUT2D eigenvalue weighted by Gasteiger charge is 2.29. The summed E-state index contributed by atoms with van der Waals surface area (Å²) >= 11 is 12.4. The van der Waals surface area contributed by atoms with Crippen LogP contribution in [-0.2, 0) is 16.1 Å². The van der Waals surface area contributed by atoms with Crippen molar-refractivity contribution in [3.63, 3.8) is 0 Å². The first-order valence-electron chi connectivity index (χ1n) is 10.8. The molecule has 0 aliphatic heterocycles. The zero-order valence-electron chi connectivity index (χ0n) is 19.4. The van der Waals surface area contributed by atoms with Crippen LogP contribution in [0, 0.1) is 19.8 Å². The van der Waals surface area contributed by atoms with Gasteiger partial charge in [-0.15, -0.1) is 0 Å². The number of rotatable bonds is 10. The van der Waals surface area contributed by atoms with Crippen molar-refractivity contribution in [2.75, 3.05) is 13.2 Å². The van der Waals surface area contributed by atoms with Crippen LogP contribution in [-0.4, -0.2) is 35.9 Å². The van der Waals surface area contributed by atoms with Crippen LogP contribution in [0.3, 0.4) is 0 Å². The second kappa shape index (κ2) is 12.1.